The zero-order valence-electron chi connectivity index (χ0n) is 20.5. The van der Waals surface area contributed by atoms with Crippen molar-refractivity contribution in [3.63, 3.8) is 0 Å². The number of halogens is 1. The Hall–Kier alpha value is -3.23. The summed E-state index contributed by atoms with van der Waals surface area (Å²) in [5.41, 5.74) is 3.65. The van der Waals surface area contributed by atoms with Crippen molar-refractivity contribution >= 4 is 27.9 Å². The van der Waals surface area contributed by atoms with Gasteiger partial charge in [-0.1, -0.05) is 95.7 Å². The molecule has 37 heavy (non-hydrogen) atoms. The van der Waals surface area contributed by atoms with Crippen molar-refractivity contribution in [2.45, 2.75) is 19.0 Å². The maximum Gasteiger partial charge on any atom is 0.230 e. The molecule has 3 heterocycles. The molecule has 1 N–H and O–H groups in total. The number of hydrogen-bond acceptors (Lipinski definition) is 6. The van der Waals surface area contributed by atoms with Crippen LogP contribution < -0.4 is 0 Å². The molecule has 2 aromatic heterocycles. The molecule has 1 aliphatic heterocycles. The molecule has 0 bridgehead atoms. The molecule has 6 nitrogen and oxygen atoms in total. The van der Waals surface area contributed by atoms with Gasteiger partial charge in [0.2, 0.25) is 10.8 Å². The lowest BCUT2D eigenvalue weighted by atomic mass is 9.96. The van der Waals surface area contributed by atoms with E-state index in [2.05, 4.69) is 86.6 Å². The van der Waals surface area contributed by atoms with Gasteiger partial charge in [0.25, 0.3) is 0 Å². The first-order valence-corrected chi connectivity index (χ1v) is 13.7. The Labute approximate surface area is 225 Å². The second kappa shape index (κ2) is 10.3. The fourth-order valence-electron chi connectivity index (χ4n) is 5.37. The number of thiazole rings is 1. The van der Waals surface area contributed by atoms with Crippen LogP contribution in [0.25, 0.3) is 4.96 Å². The Morgan fingerprint density at radius 1 is 0.784 bits per heavy atom. The van der Waals surface area contributed by atoms with E-state index in [4.69, 9.17) is 11.6 Å². The highest BCUT2D eigenvalue weighted by Crippen LogP contribution is 2.41. The zero-order valence-corrected chi connectivity index (χ0v) is 22.1. The van der Waals surface area contributed by atoms with Crippen LogP contribution >= 0.6 is 22.9 Å². The molecule has 0 radical (unpaired) electrons. The van der Waals surface area contributed by atoms with E-state index in [1.165, 1.54) is 22.5 Å². The van der Waals surface area contributed by atoms with Gasteiger partial charge < -0.3 is 5.11 Å². The number of rotatable bonds is 6. The molecular weight excluding hydrogens is 502 g/mol. The molecular formula is C29H28ClN5OS. The average Bonchev–Trinajstić information content (AvgIpc) is 3.43. The number of aromatic hydroxyl groups is 1. The van der Waals surface area contributed by atoms with Gasteiger partial charge in [-0.15, -0.1) is 5.10 Å². The van der Waals surface area contributed by atoms with E-state index >= 15 is 0 Å². The van der Waals surface area contributed by atoms with Gasteiger partial charge in [0.1, 0.15) is 5.82 Å². The number of benzene rings is 3. The topological polar surface area (TPSA) is 56.9 Å². The van der Waals surface area contributed by atoms with Crippen molar-refractivity contribution in [3.8, 4) is 5.88 Å². The first-order valence-electron chi connectivity index (χ1n) is 12.5. The zero-order chi connectivity index (χ0) is 25.4. The van der Waals surface area contributed by atoms with E-state index < -0.39 is 0 Å². The summed E-state index contributed by atoms with van der Waals surface area (Å²) >= 11 is 7.91. The van der Waals surface area contributed by atoms with Crippen molar-refractivity contribution in [1.29, 1.82) is 0 Å². The average molecular weight is 530 g/mol. The monoisotopic (exact) mass is 529 g/mol. The standard InChI is InChI=1S/C29H28ClN5OS/c1-20-31-29-35(32-20)28(36)27(37-29)26(23-13-8-14-24(30)19-23)34-17-15-33(16-18-34)25(21-9-4-2-5-10-21)22-11-6-3-7-12-22/h2-14,19,25-26,36H,15-18H2,1H3. The van der Waals surface area contributed by atoms with Crippen LogP contribution in [0.3, 0.4) is 0 Å². The summed E-state index contributed by atoms with van der Waals surface area (Å²) in [6, 6.07) is 29.4. The third-order valence-corrected chi connectivity index (χ3v) is 8.34. The fraction of sp³-hybridized carbons (Fsp3) is 0.241. The van der Waals surface area contributed by atoms with Crippen molar-refractivity contribution < 1.29 is 5.11 Å². The summed E-state index contributed by atoms with van der Waals surface area (Å²) < 4.78 is 1.55. The minimum atomic E-state index is -0.137. The van der Waals surface area contributed by atoms with Gasteiger partial charge in [-0.05, 0) is 35.7 Å². The lowest BCUT2D eigenvalue weighted by Gasteiger charge is -2.42. The van der Waals surface area contributed by atoms with Gasteiger partial charge in [0.15, 0.2) is 0 Å². The van der Waals surface area contributed by atoms with Crippen LogP contribution in [0.2, 0.25) is 5.02 Å². The van der Waals surface area contributed by atoms with Crippen LogP contribution in [-0.2, 0) is 0 Å². The summed E-state index contributed by atoms with van der Waals surface area (Å²) in [5, 5.41) is 16.2. The minimum absolute atomic E-state index is 0.137. The number of hydrogen-bond donors (Lipinski definition) is 1. The van der Waals surface area contributed by atoms with Crippen LogP contribution in [0.1, 0.15) is 39.5 Å². The third-order valence-electron chi connectivity index (χ3n) is 7.03. The molecule has 0 saturated carbocycles. The molecule has 8 heteroatoms. The number of piperazine rings is 1. The van der Waals surface area contributed by atoms with Crippen molar-refractivity contribution in [1.82, 2.24) is 24.4 Å². The Kier molecular flexibility index (Phi) is 6.69. The van der Waals surface area contributed by atoms with E-state index in [9.17, 15) is 5.11 Å². The Bertz CT molecular complexity index is 1460. The maximum absolute atomic E-state index is 11.2. The van der Waals surface area contributed by atoms with Crippen molar-refractivity contribution in [3.05, 3.63) is 117 Å². The van der Waals surface area contributed by atoms with Gasteiger partial charge in [-0.25, -0.2) is 4.98 Å². The van der Waals surface area contributed by atoms with E-state index in [1.807, 2.05) is 25.1 Å². The number of aromatic nitrogens is 3. The summed E-state index contributed by atoms with van der Waals surface area (Å²) in [4.78, 5) is 11.0. The van der Waals surface area contributed by atoms with Gasteiger partial charge in [-0.3, -0.25) is 9.80 Å². The highest BCUT2D eigenvalue weighted by molar-refractivity contribution is 7.17. The second-order valence-electron chi connectivity index (χ2n) is 9.40. The summed E-state index contributed by atoms with van der Waals surface area (Å²) in [5.74, 6) is 0.799. The Balaban J connectivity index is 1.32. The van der Waals surface area contributed by atoms with Crippen LogP contribution in [0, 0.1) is 6.92 Å². The largest absolute Gasteiger partial charge is 0.492 e. The van der Waals surface area contributed by atoms with Crippen LogP contribution in [-0.4, -0.2) is 55.7 Å². The molecule has 1 unspecified atom stereocenters. The molecule has 0 aliphatic carbocycles. The summed E-state index contributed by atoms with van der Waals surface area (Å²) in [6.07, 6.45) is 0. The molecule has 3 aromatic carbocycles. The van der Waals surface area contributed by atoms with Gasteiger partial charge in [-0.2, -0.15) is 4.52 Å². The van der Waals surface area contributed by atoms with Crippen LogP contribution in [0.4, 0.5) is 0 Å². The predicted molar refractivity (Wildman–Crippen MR) is 148 cm³/mol. The number of nitrogens with zero attached hydrogens (tertiary/aromatic N) is 5. The molecule has 1 aliphatic rings. The summed E-state index contributed by atoms with van der Waals surface area (Å²) in [7, 11) is 0. The normalized spacial score (nSPS) is 16.0. The summed E-state index contributed by atoms with van der Waals surface area (Å²) in [6.45, 7) is 5.32. The van der Waals surface area contributed by atoms with E-state index in [0.717, 1.165) is 36.6 Å². The smallest absolute Gasteiger partial charge is 0.230 e. The molecule has 188 valence electrons. The van der Waals surface area contributed by atoms with E-state index in [-0.39, 0.29) is 18.0 Å². The lowest BCUT2D eigenvalue weighted by Crippen LogP contribution is -2.49. The number of aryl methyl sites for hydroxylation is 1. The van der Waals surface area contributed by atoms with Gasteiger partial charge in [0, 0.05) is 31.2 Å². The SMILES string of the molecule is Cc1nc2sc(C(c3cccc(Cl)c3)N3CCN(C(c4ccccc4)c4ccccc4)CC3)c(O)n2n1. The molecule has 1 fully saturated rings. The quantitative estimate of drug-likeness (QED) is 0.294. The maximum atomic E-state index is 11.2. The van der Waals surface area contributed by atoms with Crippen LogP contribution in [0.5, 0.6) is 5.88 Å². The second-order valence-corrected chi connectivity index (χ2v) is 10.8. The molecule has 1 atom stereocenters. The Morgan fingerprint density at radius 2 is 1.35 bits per heavy atom. The van der Waals surface area contributed by atoms with Crippen LogP contribution in [0.15, 0.2) is 84.9 Å². The Morgan fingerprint density at radius 3 is 1.92 bits per heavy atom. The van der Waals surface area contributed by atoms with Crippen molar-refractivity contribution in [2.24, 2.45) is 0 Å². The minimum Gasteiger partial charge on any atom is -0.492 e. The molecule has 0 spiro atoms. The fourth-order valence-corrected chi connectivity index (χ4v) is 6.73. The molecule has 6 rings (SSSR count). The van der Waals surface area contributed by atoms with Gasteiger partial charge in [0.05, 0.1) is 17.0 Å². The molecule has 5 aromatic rings. The van der Waals surface area contributed by atoms with E-state index in [1.54, 1.807) is 4.52 Å². The first kappa shape index (κ1) is 24.1. The first-order chi connectivity index (χ1) is 18.1. The van der Waals surface area contributed by atoms with E-state index in [0.29, 0.717) is 15.8 Å². The third kappa shape index (κ3) is 4.76. The molecule has 0 amide bonds. The van der Waals surface area contributed by atoms with Gasteiger partial charge >= 0.3 is 0 Å². The molecule has 1 saturated heterocycles. The highest BCUT2D eigenvalue weighted by atomic mass is 35.5. The number of fused-ring (bicyclic) bond motifs is 1. The predicted octanol–water partition coefficient (Wildman–Crippen LogP) is 5.95. The lowest BCUT2D eigenvalue weighted by molar-refractivity contribution is 0.0899. The highest BCUT2D eigenvalue weighted by Gasteiger charge is 2.34. The van der Waals surface area contributed by atoms with Crippen molar-refractivity contribution in [2.75, 3.05) is 26.2 Å².